The Hall–Kier alpha value is -0.152. The summed E-state index contributed by atoms with van der Waals surface area (Å²) in [6.45, 7) is 24.8. The van der Waals surface area contributed by atoms with Crippen molar-refractivity contribution in [2.24, 2.45) is 0 Å². The summed E-state index contributed by atoms with van der Waals surface area (Å²) < 4.78 is 38.2. The van der Waals surface area contributed by atoms with Crippen molar-refractivity contribution < 1.29 is 26.6 Å². The number of hydrogen-bond donors (Lipinski definition) is 0. The van der Waals surface area contributed by atoms with E-state index in [1.165, 1.54) is 10.4 Å². The molecule has 0 spiro atoms. The fourth-order valence-corrected chi connectivity index (χ4v) is 24.1. The molecule has 0 amide bonds. The Bertz CT molecular complexity index is 608. The lowest BCUT2D eigenvalue weighted by atomic mass is 10.4. The summed E-state index contributed by atoms with van der Waals surface area (Å²) in [5.41, 5.74) is 0. The van der Waals surface area contributed by atoms with Crippen molar-refractivity contribution in [3.8, 4) is 0 Å². The maximum absolute atomic E-state index is 6.49. The Morgan fingerprint density at radius 1 is 0.438 bits per heavy atom. The van der Waals surface area contributed by atoms with Gasteiger partial charge in [-0.1, -0.05) is 24.3 Å². The van der Waals surface area contributed by atoms with Crippen molar-refractivity contribution in [2.45, 2.75) is 67.7 Å². The summed E-state index contributed by atoms with van der Waals surface area (Å²) in [7, 11) is -10.1. The van der Waals surface area contributed by atoms with Gasteiger partial charge >= 0.3 is 16.2 Å². The Kier molecular flexibility index (Phi) is 12.2. The third-order valence-corrected chi connectivity index (χ3v) is 32.4. The van der Waals surface area contributed by atoms with Crippen LogP contribution in [0.2, 0.25) is 26.2 Å². The van der Waals surface area contributed by atoms with E-state index in [1.54, 1.807) is 0 Å². The van der Waals surface area contributed by atoms with Gasteiger partial charge in [0.05, 0.1) is 0 Å². The van der Waals surface area contributed by atoms with E-state index < -0.39 is 31.8 Å². The van der Waals surface area contributed by atoms with Crippen LogP contribution in [0.15, 0.2) is 24.3 Å². The fraction of sp³-hybridized carbons (Fsp3) is 0.727. The molecule has 0 bridgehead atoms. The van der Waals surface area contributed by atoms with Gasteiger partial charge in [0, 0.05) is 39.6 Å². The van der Waals surface area contributed by atoms with Crippen LogP contribution in [0.5, 0.6) is 0 Å². The largest absolute Gasteiger partial charge is 0.410 e. The van der Waals surface area contributed by atoms with E-state index in [0.29, 0.717) is 39.6 Å². The van der Waals surface area contributed by atoms with Gasteiger partial charge in [0.1, 0.15) is 0 Å². The minimum absolute atomic E-state index is 0.623. The van der Waals surface area contributed by atoms with Crippen LogP contribution in [0.3, 0.4) is 0 Å². The fourth-order valence-electron chi connectivity index (χ4n) is 4.37. The molecule has 1 rings (SSSR count). The second kappa shape index (κ2) is 13.1. The first-order valence-corrected chi connectivity index (χ1v) is 23.5. The van der Waals surface area contributed by atoms with Gasteiger partial charge in [-0.05, 0) is 78.1 Å². The highest BCUT2D eigenvalue weighted by molar-refractivity contribution is 7.40. The van der Waals surface area contributed by atoms with E-state index in [4.69, 9.17) is 26.6 Å². The zero-order valence-corrected chi connectivity index (χ0v) is 26.0. The molecule has 0 aliphatic rings. The second-order valence-electron chi connectivity index (χ2n) is 8.13. The van der Waals surface area contributed by atoms with Crippen LogP contribution in [0, 0.1) is 0 Å². The normalized spacial score (nSPS) is 16.6. The van der Waals surface area contributed by atoms with Crippen molar-refractivity contribution in [3.63, 3.8) is 0 Å². The SMILES string of the molecule is CCO[Si](C)(OCC)[Si](C)(OCC)c1ccc([Si](C)(OCC)[Si](C)(OCC)OCC)cc1. The molecule has 0 N–H and O–H groups in total. The van der Waals surface area contributed by atoms with E-state index in [1.807, 2.05) is 41.5 Å². The van der Waals surface area contributed by atoms with E-state index in [-0.39, 0.29) is 0 Å². The van der Waals surface area contributed by atoms with Gasteiger partial charge in [0.15, 0.2) is 0 Å². The predicted molar refractivity (Wildman–Crippen MR) is 142 cm³/mol. The minimum Gasteiger partial charge on any atom is -0.410 e. The molecule has 0 saturated carbocycles. The Labute approximate surface area is 200 Å². The molecule has 0 saturated heterocycles. The van der Waals surface area contributed by atoms with Gasteiger partial charge in [-0.15, -0.1) is 0 Å². The molecule has 6 nitrogen and oxygen atoms in total. The Balaban J connectivity index is 3.54. The molecule has 1 aromatic carbocycles. The molecule has 0 fully saturated rings. The predicted octanol–water partition coefficient (Wildman–Crippen LogP) is 3.77. The highest BCUT2D eigenvalue weighted by Gasteiger charge is 2.58. The van der Waals surface area contributed by atoms with Crippen LogP contribution in [-0.4, -0.2) is 71.5 Å². The lowest BCUT2D eigenvalue weighted by molar-refractivity contribution is 0.195. The summed E-state index contributed by atoms with van der Waals surface area (Å²) in [5, 5.41) is 2.39. The first kappa shape index (κ1) is 29.9. The standard InChI is InChI=1S/C22H46O6Si4/c1-11-23-29(7,31(9,25-13-3)26-14-4)21-17-19-22(20-18-21)30(8,24-12-2)32(10,27-15-5)28-16-6/h17-20H,11-16H2,1-10H3. The molecular formula is C22H46O6Si4. The first-order chi connectivity index (χ1) is 15.1. The van der Waals surface area contributed by atoms with Crippen molar-refractivity contribution >= 4 is 42.2 Å². The van der Waals surface area contributed by atoms with Crippen LogP contribution >= 0.6 is 0 Å². The third-order valence-electron chi connectivity index (χ3n) is 6.26. The van der Waals surface area contributed by atoms with Crippen molar-refractivity contribution in [2.75, 3.05) is 39.6 Å². The molecule has 0 radical (unpaired) electrons. The molecule has 2 unspecified atom stereocenters. The number of hydrogen-bond acceptors (Lipinski definition) is 6. The van der Waals surface area contributed by atoms with Gasteiger partial charge < -0.3 is 26.6 Å². The molecule has 186 valence electrons. The maximum atomic E-state index is 6.49. The molecular weight excluding hydrogens is 473 g/mol. The first-order valence-electron chi connectivity index (χ1n) is 12.0. The summed E-state index contributed by atoms with van der Waals surface area (Å²) in [5.74, 6) is 0. The molecule has 1 aromatic rings. The second-order valence-corrected chi connectivity index (χ2v) is 30.1. The third kappa shape index (κ3) is 6.09. The van der Waals surface area contributed by atoms with Crippen LogP contribution < -0.4 is 10.4 Å². The zero-order chi connectivity index (χ0) is 24.5. The molecule has 2 atom stereocenters. The molecule has 0 aromatic heterocycles. The monoisotopic (exact) mass is 518 g/mol. The van der Waals surface area contributed by atoms with E-state index in [2.05, 4.69) is 50.5 Å². The smallest absolute Gasteiger partial charge is 0.351 e. The van der Waals surface area contributed by atoms with Gasteiger partial charge in [-0.3, -0.25) is 0 Å². The van der Waals surface area contributed by atoms with Crippen molar-refractivity contribution in [3.05, 3.63) is 24.3 Å². The van der Waals surface area contributed by atoms with Crippen molar-refractivity contribution in [1.82, 2.24) is 0 Å². The minimum atomic E-state index is -2.55. The highest BCUT2D eigenvalue weighted by atomic mass is 29.3. The van der Waals surface area contributed by atoms with Gasteiger partial charge in [-0.25, -0.2) is 0 Å². The van der Waals surface area contributed by atoms with Crippen molar-refractivity contribution in [1.29, 1.82) is 0 Å². The average Bonchev–Trinajstić information content (AvgIpc) is 2.74. The lowest BCUT2D eigenvalue weighted by Crippen LogP contribution is -2.73. The molecule has 10 heteroatoms. The highest BCUT2D eigenvalue weighted by Crippen LogP contribution is 2.26. The van der Waals surface area contributed by atoms with Crippen LogP contribution in [0.1, 0.15) is 41.5 Å². The lowest BCUT2D eigenvalue weighted by Gasteiger charge is -2.42. The van der Waals surface area contributed by atoms with Crippen LogP contribution in [-0.2, 0) is 26.6 Å². The van der Waals surface area contributed by atoms with Crippen LogP contribution in [0.25, 0.3) is 0 Å². The summed E-state index contributed by atoms with van der Waals surface area (Å²) in [4.78, 5) is 0. The Morgan fingerprint density at radius 2 is 0.656 bits per heavy atom. The maximum Gasteiger partial charge on any atom is 0.351 e. The summed E-state index contributed by atoms with van der Waals surface area (Å²) in [6.07, 6.45) is 0. The summed E-state index contributed by atoms with van der Waals surface area (Å²) in [6, 6.07) is 8.82. The summed E-state index contributed by atoms with van der Waals surface area (Å²) >= 11 is 0. The van der Waals surface area contributed by atoms with Gasteiger partial charge in [0.25, 0.3) is 15.7 Å². The topological polar surface area (TPSA) is 55.4 Å². The molecule has 0 aliphatic heterocycles. The van der Waals surface area contributed by atoms with E-state index in [0.717, 1.165) is 0 Å². The van der Waals surface area contributed by atoms with Crippen LogP contribution in [0.4, 0.5) is 0 Å². The average molecular weight is 519 g/mol. The zero-order valence-electron chi connectivity index (χ0n) is 22.0. The number of benzene rings is 1. The van der Waals surface area contributed by atoms with Gasteiger partial charge in [-0.2, -0.15) is 0 Å². The van der Waals surface area contributed by atoms with E-state index >= 15 is 0 Å². The molecule has 0 aliphatic carbocycles. The van der Waals surface area contributed by atoms with Gasteiger partial charge in [0.2, 0.25) is 0 Å². The Morgan fingerprint density at radius 3 is 0.844 bits per heavy atom. The molecule has 0 heterocycles. The molecule has 32 heavy (non-hydrogen) atoms. The quantitative estimate of drug-likeness (QED) is 0.311. The van der Waals surface area contributed by atoms with E-state index in [9.17, 15) is 0 Å². The number of rotatable bonds is 16.